The van der Waals surface area contributed by atoms with Gasteiger partial charge in [-0.1, -0.05) is 68.6 Å². The number of rotatable bonds is 7. The second-order valence-electron chi connectivity index (χ2n) is 18.1. The fourth-order valence-corrected chi connectivity index (χ4v) is 19.7. The molecule has 2 aromatic carbocycles. The monoisotopic (exact) mass is 680 g/mol. The third kappa shape index (κ3) is 4.71. The first-order chi connectivity index (χ1) is 23.9. The number of fused-ring (bicyclic) bond motifs is 2. The van der Waals surface area contributed by atoms with Crippen LogP contribution in [-0.2, 0) is 5.16 Å². The molecule has 8 bridgehead atoms. The third-order valence-electron chi connectivity index (χ3n) is 15.0. The van der Waals surface area contributed by atoms with Gasteiger partial charge < -0.3 is 0 Å². The summed E-state index contributed by atoms with van der Waals surface area (Å²) in [5.74, 6) is 6.10. The summed E-state index contributed by atoms with van der Waals surface area (Å²) in [6, 6.07) is 26.4. The average molecular weight is 681 g/mol. The van der Waals surface area contributed by atoms with Crippen molar-refractivity contribution in [2.45, 2.75) is 98.9 Å². The van der Waals surface area contributed by atoms with E-state index in [9.17, 15) is 0 Å². The highest BCUT2D eigenvalue weighted by molar-refractivity contribution is 7.61. The predicted octanol–water partition coefficient (Wildman–Crippen LogP) is 11.6. The summed E-state index contributed by atoms with van der Waals surface area (Å²) in [6.07, 6.45) is 26.1. The first-order valence-corrected chi connectivity index (χ1v) is 21.7. The molecule has 0 saturated heterocycles. The van der Waals surface area contributed by atoms with Crippen molar-refractivity contribution < 1.29 is 0 Å². The minimum absolute atomic E-state index is 0.147. The van der Waals surface area contributed by atoms with Crippen LogP contribution >= 0.6 is 17.2 Å². The lowest BCUT2D eigenvalue weighted by Crippen LogP contribution is -2.57. The largest absolute Gasteiger partial charge is 0.251 e. The number of allylic oxidation sites excluding steroid dienone is 4. The minimum Gasteiger partial charge on any atom is -0.251 e. The Morgan fingerprint density at radius 1 is 0.592 bits per heavy atom. The van der Waals surface area contributed by atoms with Crippen LogP contribution in [0.4, 0.5) is 0 Å². The Kier molecular flexibility index (Phi) is 6.82. The molecule has 9 aliphatic carbocycles. The molecule has 0 radical (unpaired) electrons. The highest BCUT2D eigenvalue weighted by Gasteiger charge is 2.62. The second kappa shape index (κ2) is 11.1. The Morgan fingerprint density at radius 2 is 1.02 bits per heavy atom. The van der Waals surface area contributed by atoms with E-state index in [-0.39, 0.29) is 7.92 Å². The molecule has 4 aromatic rings. The first-order valence-electron chi connectivity index (χ1n) is 19.6. The fourth-order valence-electron chi connectivity index (χ4n) is 13.9. The van der Waals surface area contributed by atoms with E-state index in [0.29, 0.717) is 10.3 Å². The van der Waals surface area contributed by atoms with E-state index in [1.807, 2.05) is 0 Å². The van der Waals surface area contributed by atoms with Gasteiger partial charge in [0.2, 0.25) is 0 Å². The maximum absolute atomic E-state index is 5.45. The summed E-state index contributed by atoms with van der Waals surface area (Å²) in [6.45, 7) is 0. The van der Waals surface area contributed by atoms with Crippen molar-refractivity contribution in [3.8, 4) is 0 Å². The molecule has 1 unspecified atom stereocenters. The van der Waals surface area contributed by atoms with E-state index in [1.54, 1.807) is 88.2 Å². The van der Waals surface area contributed by atoms with Crippen LogP contribution in [0.3, 0.4) is 0 Å². The van der Waals surface area contributed by atoms with Crippen LogP contribution in [-0.4, -0.2) is 26.4 Å². The molecule has 0 N–H and O–H groups in total. The molecule has 4 heteroatoms. The SMILES string of the molecule is PC(C1=C(CP(C23CC4CC(CC(C4)C2)C3)C23CC4CC(CC(C4)C2)C3)C=CC1)(c1ccc2ccccc2n1)c1ccc2ccccc2n1. The number of aromatic nitrogens is 2. The van der Waals surface area contributed by atoms with Crippen LogP contribution in [0.2, 0.25) is 0 Å². The lowest BCUT2D eigenvalue weighted by molar-refractivity contribution is 0.0187. The number of para-hydroxylation sites is 2. The van der Waals surface area contributed by atoms with E-state index in [1.165, 1.54) is 16.9 Å². The molecular formula is C45H50N2P2. The summed E-state index contributed by atoms with van der Waals surface area (Å²) in [5.41, 5.74) is 7.57. The summed E-state index contributed by atoms with van der Waals surface area (Å²) < 4.78 is 0. The Labute approximate surface area is 296 Å². The van der Waals surface area contributed by atoms with Crippen molar-refractivity contribution >= 4 is 39.0 Å². The predicted molar refractivity (Wildman–Crippen MR) is 208 cm³/mol. The van der Waals surface area contributed by atoms with Gasteiger partial charge in [-0.2, -0.15) is 0 Å². The topological polar surface area (TPSA) is 25.8 Å². The fraction of sp³-hybridized carbons (Fsp3) is 0.511. The average Bonchev–Trinajstić information content (AvgIpc) is 3.58. The smallest absolute Gasteiger partial charge is 0.0902 e. The molecule has 2 heterocycles. The molecule has 8 saturated carbocycles. The van der Waals surface area contributed by atoms with Crippen molar-refractivity contribution in [2.24, 2.45) is 35.5 Å². The molecule has 1 atom stereocenters. The van der Waals surface area contributed by atoms with Crippen molar-refractivity contribution in [2.75, 3.05) is 6.16 Å². The number of nitrogens with zero attached hydrogens (tertiary/aromatic N) is 2. The van der Waals surface area contributed by atoms with E-state index in [2.05, 4.69) is 94.2 Å². The molecule has 250 valence electrons. The molecule has 2 aromatic heterocycles. The van der Waals surface area contributed by atoms with Crippen LogP contribution in [0.5, 0.6) is 0 Å². The van der Waals surface area contributed by atoms with Crippen LogP contribution < -0.4 is 0 Å². The van der Waals surface area contributed by atoms with Gasteiger partial charge in [-0.3, -0.25) is 9.97 Å². The maximum Gasteiger partial charge on any atom is 0.0902 e. The Hall–Kier alpha value is -2.40. The van der Waals surface area contributed by atoms with Gasteiger partial charge in [0.15, 0.2) is 0 Å². The second-order valence-corrected chi connectivity index (χ2v) is 22.0. The van der Waals surface area contributed by atoms with Gasteiger partial charge in [0, 0.05) is 10.8 Å². The highest BCUT2D eigenvalue weighted by Crippen LogP contribution is 2.79. The van der Waals surface area contributed by atoms with Crippen LogP contribution in [0.25, 0.3) is 21.8 Å². The highest BCUT2D eigenvalue weighted by atomic mass is 31.1. The summed E-state index contributed by atoms with van der Waals surface area (Å²) >= 11 is 0. The third-order valence-corrected chi connectivity index (χ3v) is 20.0. The van der Waals surface area contributed by atoms with E-state index >= 15 is 0 Å². The summed E-state index contributed by atoms with van der Waals surface area (Å²) in [5, 5.41) is 3.18. The van der Waals surface area contributed by atoms with E-state index in [0.717, 1.165) is 64.3 Å². The summed E-state index contributed by atoms with van der Waals surface area (Å²) in [7, 11) is 3.25. The van der Waals surface area contributed by atoms with Crippen molar-refractivity contribution in [1.29, 1.82) is 0 Å². The standard InChI is InChI=1S/C45H50N2P2/c48-45(41-14-12-35-6-1-3-10-39(35)46-41,42-15-13-36-7-2-4-11-40(36)47-42)38-9-5-8-37(38)28-49(43-22-29-16-30(23-43)18-31(17-29)24-43)44-25-32-19-33(26-44)21-34(20-32)27-44/h1-8,10-15,29-34H,9,16-28,48H2. The van der Waals surface area contributed by atoms with Crippen LogP contribution in [0.15, 0.2) is 96.1 Å². The normalized spacial score (nSPS) is 36.4. The van der Waals surface area contributed by atoms with Gasteiger partial charge in [0.25, 0.3) is 0 Å². The van der Waals surface area contributed by atoms with Crippen LogP contribution in [0.1, 0.15) is 94.9 Å². The number of hydrogen-bond donors (Lipinski definition) is 0. The molecule has 0 aliphatic heterocycles. The summed E-state index contributed by atoms with van der Waals surface area (Å²) in [4.78, 5) is 10.9. The molecule has 2 nitrogen and oxygen atoms in total. The van der Waals surface area contributed by atoms with Crippen molar-refractivity contribution in [3.05, 3.63) is 107 Å². The van der Waals surface area contributed by atoms with E-state index in [4.69, 9.17) is 9.97 Å². The zero-order valence-corrected chi connectivity index (χ0v) is 30.9. The number of benzene rings is 2. The van der Waals surface area contributed by atoms with E-state index < -0.39 is 5.16 Å². The number of hydrogen-bond acceptors (Lipinski definition) is 2. The Morgan fingerprint density at radius 3 is 1.47 bits per heavy atom. The Bertz CT molecular complexity index is 1850. The van der Waals surface area contributed by atoms with Crippen molar-refractivity contribution in [1.82, 2.24) is 9.97 Å². The van der Waals surface area contributed by atoms with Gasteiger partial charge in [0.05, 0.1) is 27.6 Å². The molecule has 0 amide bonds. The molecular weight excluding hydrogens is 630 g/mol. The zero-order valence-electron chi connectivity index (χ0n) is 28.9. The minimum atomic E-state index is -0.475. The Balaban J connectivity index is 1.08. The lowest BCUT2D eigenvalue weighted by atomic mass is 9.55. The molecule has 0 spiro atoms. The van der Waals surface area contributed by atoms with Gasteiger partial charge in [0.1, 0.15) is 0 Å². The molecule has 13 rings (SSSR count). The first kappa shape index (κ1) is 30.2. The maximum atomic E-state index is 5.45. The molecule has 8 fully saturated rings. The zero-order chi connectivity index (χ0) is 32.4. The van der Waals surface area contributed by atoms with Gasteiger partial charge in [-0.25, -0.2) is 0 Å². The van der Waals surface area contributed by atoms with Crippen molar-refractivity contribution in [3.63, 3.8) is 0 Å². The number of pyridine rings is 2. The quantitative estimate of drug-likeness (QED) is 0.182. The van der Waals surface area contributed by atoms with Gasteiger partial charge in [-0.15, -0.1) is 9.24 Å². The van der Waals surface area contributed by atoms with Gasteiger partial charge >= 0.3 is 0 Å². The van der Waals surface area contributed by atoms with Crippen LogP contribution in [0, 0.1) is 35.5 Å². The lowest BCUT2D eigenvalue weighted by Gasteiger charge is -2.67. The van der Waals surface area contributed by atoms with Gasteiger partial charge in [-0.05, 0) is 171 Å². The molecule has 49 heavy (non-hydrogen) atoms. The molecule has 9 aliphatic rings.